The van der Waals surface area contributed by atoms with Crippen molar-refractivity contribution in [3.8, 4) is 0 Å². The van der Waals surface area contributed by atoms with Crippen molar-refractivity contribution in [1.82, 2.24) is 19.5 Å². The molecular weight excluding hydrogens is 316 g/mol. The van der Waals surface area contributed by atoms with Crippen LogP contribution in [0.4, 0.5) is 5.95 Å². The fourth-order valence-corrected chi connectivity index (χ4v) is 2.68. The zero-order chi connectivity index (χ0) is 15.9. The summed E-state index contributed by atoms with van der Waals surface area (Å²) in [6.45, 7) is -0.169. The van der Waals surface area contributed by atoms with Crippen molar-refractivity contribution in [2.45, 2.75) is 25.2 Å². The van der Waals surface area contributed by atoms with Gasteiger partial charge in [0, 0.05) is 0 Å². The van der Waals surface area contributed by atoms with E-state index in [-0.39, 0.29) is 18.1 Å². The minimum absolute atomic E-state index is 0.0219. The molecular formula is C10H14N6O5S. The lowest BCUT2D eigenvalue weighted by molar-refractivity contribution is -0.0148. The van der Waals surface area contributed by atoms with Crippen molar-refractivity contribution in [2.24, 2.45) is 5.14 Å². The van der Waals surface area contributed by atoms with E-state index in [1.807, 2.05) is 0 Å². The van der Waals surface area contributed by atoms with Crippen LogP contribution in [0.15, 0.2) is 11.1 Å². The molecule has 11 nitrogen and oxygen atoms in total. The van der Waals surface area contributed by atoms with E-state index in [1.165, 1.54) is 6.33 Å². The summed E-state index contributed by atoms with van der Waals surface area (Å²) in [6, 6.07) is 0. The lowest BCUT2D eigenvalue weighted by Gasteiger charge is -2.14. The molecule has 0 aliphatic carbocycles. The number of ether oxygens (including phenoxy) is 1. The smallest absolute Gasteiger partial charge is 0.333 e. The van der Waals surface area contributed by atoms with Gasteiger partial charge in [-0.15, -0.1) is 0 Å². The molecule has 0 spiro atoms. The zero-order valence-electron chi connectivity index (χ0n) is 11.3. The first-order valence-corrected chi connectivity index (χ1v) is 7.85. The third-order valence-electron chi connectivity index (χ3n) is 3.26. The highest BCUT2D eigenvalue weighted by atomic mass is 32.2. The molecule has 2 atom stereocenters. The molecule has 0 radical (unpaired) electrons. The zero-order valence-corrected chi connectivity index (χ0v) is 12.1. The number of rotatable bonds is 4. The van der Waals surface area contributed by atoms with Gasteiger partial charge in [-0.1, -0.05) is 0 Å². The molecule has 0 amide bonds. The van der Waals surface area contributed by atoms with Gasteiger partial charge in [-0.3, -0.25) is 18.5 Å². The highest BCUT2D eigenvalue weighted by Crippen LogP contribution is 2.30. The monoisotopic (exact) mass is 330 g/mol. The summed E-state index contributed by atoms with van der Waals surface area (Å²) < 4.78 is 33.3. The van der Waals surface area contributed by atoms with Crippen LogP contribution in [0.25, 0.3) is 11.2 Å². The molecule has 120 valence electrons. The van der Waals surface area contributed by atoms with E-state index in [0.717, 1.165) is 0 Å². The number of imidazole rings is 1. The molecule has 22 heavy (non-hydrogen) atoms. The fraction of sp³-hybridized carbons (Fsp3) is 0.500. The first kappa shape index (κ1) is 14.9. The van der Waals surface area contributed by atoms with E-state index in [4.69, 9.17) is 15.6 Å². The van der Waals surface area contributed by atoms with Crippen LogP contribution >= 0.6 is 0 Å². The second-order valence-electron chi connectivity index (χ2n) is 4.84. The Balaban J connectivity index is 1.80. The van der Waals surface area contributed by atoms with Crippen LogP contribution in [0.3, 0.4) is 0 Å². The first-order chi connectivity index (χ1) is 10.3. The van der Waals surface area contributed by atoms with Crippen LogP contribution < -0.4 is 16.4 Å². The number of nitrogen functional groups attached to an aromatic ring is 1. The predicted molar refractivity (Wildman–Crippen MR) is 74.8 cm³/mol. The number of nitrogens with one attached hydrogen (secondary N) is 1. The number of hydrogen-bond donors (Lipinski definition) is 3. The minimum Gasteiger partial charge on any atom is -0.369 e. The SMILES string of the molecule is Nc1nc2c(ncn2[C@H]2CC[C@@H](COS(N)(=O)=O)O2)c(=O)[nH]1. The molecule has 1 saturated heterocycles. The summed E-state index contributed by atoms with van der Waals surface area (Å²) in [7, 11) is -4.00. The maximum atomic E-state index is 11.7. The number of aromatic amines is 1. The Morgan fingerprint density at radius 3 is 3.00 bits per heavy atom. The number of aromatic nitrogens is 4. The molecule has 0 aromatic carbocycles. The van der Waals surface area contributed by atoms with Gasteiger partial charge < -0.3 is 10.5 Å². The molecule has 0 saturated carbocycles. The third-order valence-corrected chi connectivity index (χ3v) is 3.73. The Bertz CT molecular complexity index is 858. The number of anilines is 1. The average Bonchev–Trinajstić information content (AvgIpc) is 3.01. The number of hydrogen-bond acceptors (Lipinski definition) is 8. The number of nitrogens with zero attached hydrogens (tertiary/aromatic N) is 3. The molecule has 0 bridgehead atoms. The van der Waals surface area contributed by atoms with Crippen molar-refractivity contribution in [2.75, 3.05) is 12.3 Å². The van der Waals surface area contributed by atoms with Gasteiger partial charge in [0.05, 0.1) is 19.0 Å². The Hall–Kier alpha value is -2.02. The van der Waals surface area contributed by atoms with Crippen LogP contribution in [0.2, 0.25) is 0 Å². The summed E-state index contributed by atoms with van der Waals surface area (Å²) in [4.78, 5) is 22.1. The maximum absolute atomic E-state index is 11.7. The summed E-state index contributed by atoms with van der Waals surface area (Å²) in [5.41, 5.74) is 5.55. The van der Waals surface area contributed by atoms with Gasteiger partial charge >= 0.3 is 10.3 Å². The highest BCUT2D eigenvalue weighted by molar-refractivity contribution is 7.84. The quantitative estimate of drug-likeness (QED) is 0.614. The number of H-pyrrole nitrogens is 1. The van der Waals surface area contributed by atoms with Crippen LogP contribution in [-0.4, -0.2) is 40.6 Å². The van der Waals surface area contributed by atoms with Crippen molar-refractivity contribution in [3.05, 3.63) is 16.7 Å². The number of nitrogens with two attached hydrogens (primary N) is 2. The largest absolute Gasteiger partial charge is 0.369 e. The van der Waals surface area contributed by atoms with Gasteiger partial charge in [-0.2, -0.15) is 13.4 Å². The Labute approximate surface area is 124 Å². The molecule has 2 aromatic heterocycles. The number of fused-ring (bicyclic) bond motifs is 1. The topological polar surface area (TPSA) is 168 Å². The van der Waals surface area contributed by atoms with Gasteiger partial charge in [0.2, 0.25) is 5.95 Å². The summed E-state index contributed by atoms with van der Waals surface area (Å²) in [6.07, 6.45) is 1.71. The second-order valence-corrected chi connectivity index (χ2v) is 6.06. The van der Waals surface area contributed by atoms with Gasteiger partial charge in [-0.25, -0.2) is 10.1 Å². The second kappa shape index (κ2) is 5.31. The maximum Gasteiger partial charge on any atom is 0.333 e. The molecule has 2 aromatic rings. The molecule has 1 aliphatic heterocycles. The Morgan fingerprint density at radius 1 is 1.50 bits per heavy atom. The van der Waals surface area contributed by atoms with E-state index in [0.29, 0.717) is 18.5 Å². The van der Waals surface area contributed by atoms with Crippen molar-refractivity contribution >= 4 is 27.4 Å². The van der Waals surface area contributed by atoms with E-state index < -0.39 is 28.2 Å². The van der Waals surface area contributed by atoms with Crippen LogP contribution in [-0.2, 0) is 19.2 Å². The molecule has 3 rings (SSSR count). The fourth-order valence-electron chi connectivity index (χ4n) is 2.34. The van der Waals surface area contributed by atoms with Gasteiger partial charge in [0.25, 0.3) is 5.56 Å². The standard InChI is InChI=1S/C10H14N6O5S/c11-10-14-8-7(9(17)15-10)13-4-16(8)6-2-1-5(21-6)3-20-22(12,18)19/h4-6H,1-3H2,(H2,12,18,19)(H3,11,14,15,17)/t5-,6+/m0/s1. The normalized spacial score (nSPS) is 22.4. The van der Waals surface area contributed by atoms with Crippen molar-refractivity contribution < 1.29 is 17.3 Å². The van der Waals surface area contributed by atoms with Crippen molar-refractivity contribution in [3.63, 3.8) is 0 Å². The minimum atomic E-state index is -4.00. The van der Waals surface area contributed by atoms with Gasteiger partial charge in [-0.05, 0) is 12.8 Å². The first-order valence-electron chi connectivity index (χ1n) is 6.38. The molecule has 3 heterocycles. The van der Waals surface area contributed by atoms with E-state index in [9.17, 15) is 13.2 Å². The van der Waals surface area contributed by atoms with E-state index >= 15 is 0 Å². The van der Waals surface area contributed by atoms with Crippen LogP contribution in [0.5, 0.6) is 0 Å². The lowest BCUT2D eigenvalue weighted by Crippen LogP contribution is -2.23. The summed E-state index contributed by atoms with van der Waals surface area (Å²) in [5.74, 6) is -0.0219. The molecule has 5 N–H and O–H groups in total. The lowest BCUT2D eigenvalue weighted by atomic mass is 10.2. The van der Waals surface area contributed by atoms with Gasteiger partial charge in [0.15, 0.2) is 11.2 Å². The molecule has 0 unspecified atom stereocenters. The summed E-state index contributed by atoms with van der Waals surface area (Å²) in [5, 5.41) is 4.77. The molecule has 1 aliphatic rings. The van der Waals surface area contributed by atoms with Gasteiger partial charge in [0.1, 0.15) is 6.23 Å². The van der Waals surface area contributed by atoms with Crippen molar-refractivity contribution in [1.29, 1.82) is 0 Å². The summed E-state index contributed by atoms with van der Waals surface area (Å²) >= 11 is 0. The highest BCUT2D eigenvalue weighted by Gasteiger charge is 2.29. The van der Waals surface area contributed by atoms with E-state index in [1.54, 1.807) is 4.57 Å². The Kier molecular flexibility index (Phi) is 3.60. The molecule has 1 fully saturated rings. The van der Waals surface area contributed by atoms with Crippen LogP contribution in [0.1, 0.15) is 19.1 Å². The van der Waals surface area contributed by atoms with Crippen LogP contribution in [0, 0.1) is 0 Å². The van der Waals surface area contributed by atoms with E-state index in [2.05, 4.69) is 19.1 Å². The average molecular weight is 330 g/mol. The third kappa shape index (κ3) is 2.94. The Morgan fingerprint density at radius 2 is 2.27 bits per heavy atom. The molecule has 12 heteroatoms. The predicted octanol–water partition coefficient (Wildman–Crippen LogP) is -1.40.